The van der Waals surface area contributed by atoms with Crippen molar-refractivity contribution in [1.82, 2.24) is 9.80 Å². The van der Waals surface area contributed by atoms with Crippen LogP contribution in [-0.2, 0) is 41.4 Å². The standard InChI is InChI=1S/C44H64N2O8S/c1-41(2,3)51-37(47)35(31-19-21-45(27-31)39(49)53-43(7,8)9)25-29-15-13-17-33(23-29)55-34-18-14-16-30(24-34)26-36(38(48)52-42(4,5)6)32-20-22-46(28-32)40(50)54-44(10,11)12/h13-18,23-24,31-32,35-36H,19-22,25-28H2,1-12H3/t31-,32-,35-,36-/m0/s1. The minimum atomic E-state index is -0.640. The highest BCUT2D eigenvalue weighted by Gasteiger charge is 2.40. The summed E-state index contributed by atoms with van der Waals surface area (Å²) in [4.78, 5) is 58.5. The third-order valence-corrected chi connectivity index (χ3v) is 10.2. The average Bonchev–Trinajstić information content (AvgIpc) is 3.71. The van der Waals surface area contributed by atoms with Gasteiger partial charge in [0.1, 0.15) is 22.4 Å². The van der Waals surface area contributed by atoms with Crippen LogP contribution in [0.4, 0.5) is 9.59 Å². The summed E-state index contributed by atoms with van der Waals surface area (Å²) in [6.45, 7) is 24.3. The van der Waals surface area contributed by atoms with Crippen molar-refractivity contribution >= 4 is 35.9 Å². The maximum Gasteiger partial charge on any atom is 0.410 e. The molecule has 0 saturated carbocycles. The summed E-state index contributed by atoms with van der Waals surface area (Å²) in [5.74, 6) is -1.51. The van der Waals surface area contributed by atoms with Crippen LogP contribution in [0.3, 0.4) is 0 Å². The zero-order chi connectivity index (χ0) is 40.9. The predicted octanol–water partition coefficient (Wildman–Crippen LogP) is 9.35. The van der Waals surface area contributed by atoms with E-state index in [0.29, 0.717) is 51.9 Å². The van der Waals surface area contributed by atoms with Gasteiger partial charge in [-0.3, -0.25) is 9.59 Å². The molecule has 0 radical (unpaired) electrons. The Hall–Kier alpha value is -3.73. The molecule has 0 N–H and O–H groups in total. The molecule has 2 aliphatic rings. The quantitative estimate of drug-likeness (QED) is 0.172. The lowest BCUT2D eigenvalue weighted by Gasteiger charge is -2.28. The number of esters is 2. The van der Waals surface area contributed by atoms with Gasteiger partial charge >= 0.3 is 24.1 Å². The number of hydrogen-bond donors (Lipinski definition) is 0. The third kappa shape index (κ3) is 14.4. The summed E-state index contributed by atoms with van der Waals surface area (Å²) in [5.41, 5.74) is -0.461. The monoisotopic (exact) mass is 780 g/mol. The van der Waals surface area contributed by atoms with E-state index in [1.807, 2.05) is 107 Å². The summed E-state index contributed by atoms with van der Waals surface area (Å²) in [6.07, 6.45) is 1.62. The number of carbonyl (C=O) groups is 4. The van der Waals surface area contributed by atoms with E-state index in [0.717, 1.165) is 20.9 Å². The molecule has 2 aliphatic heterocycles. The van der Waals surface area contributed by atoms with Crippen LogP contribution in [0.15, 0.2) is 58.3 Å². The van der Waals surface area contributed by atoms with E-state index >= 15 is 0 Å². The van der Waals surface area contributed by atoms with Crippen LogP contribution in [0, 0.1) is 23.7 Å². The lowest BCUT2D eigenvalue weighted by atomic mass is 9.86. The minimum Gasteiger partial charge on any atom is -0.460 e. The van der Waals surface area contributed by atoms with Crippen LogP contribution < -0.4 is 0 Å². The molecular formula is C44H64N2O8S. The van der Waals surface area contributed by atoms with Gasteiger partial charge in [0, 0.05) is 36.0 Å². The van der Waals surface area contributed by atoms with E-state index in [-0.39, 0.29) is 36.0 Å². The molecule has 2 aromatic carbocycles. The maximum atomic E-state index is 13.7. The van der Waals surface area contributed by atoms with Crippen molar-refractivity contribution in [2.45, 2.75) is 141 Å². The molecule has 4 atom stereocenters. The van der Waals surface area contributed by atoms with E-state index in [1.54, 1.807) is 21.6 Å². The molecule has 0 unspecified atom stereocenters. The van der Waals surface area contributed by atoms with Crippen molar-refractivity contribution in [3.05, 3.63) is 59.7 Å². The molecule has 304 valence electrons. The second kappa shape index (κ2) is 17.6. The second-order valence-electron chi connectivity index (χ2n) is 19.0. The van der Waals surface area contributed by atoms with Crippen molar-refractivity contribution in [2.75, 3.05) is 26.2 Å². The number of rotatable bonds is 10. The molecule has 2 amide bonds. The first kappa shape index (κ1) is 44.0. The lowest BCUT2D eigenvalue weighted by molar-refractivity contribution is -0.163. The van der Waals surface area contributed by atoms with E-state index < -0.39 is 34.2 Å². The molecule has 0 bridgehead atoms. The fourth-order valence-electron chi connectivity index (χ4n) is 6.97. The van der Waals surface area contributed by atoms with Gasteiger partial charge in [-0.2, -0.15) is 0 Å². The normalized spacial score (nSPS) is 19.1. The number of amides is 2. The first-order chi connectivity index (χ1) is 25.3. The Morgan fingerprint density at radius 3 is 1.25 bits per heavy atom. The van der Waals surface area contributed by atoms with Gasteiger partial charge in [0.05, 0.1) is 11.8 Å². The summed E-state index contributed by atoms with van der Waals surface area (Å²) in [6, 6.07) is 16.4. The maximum absolute atomic E-state index is 13.7. The molecule has 2 aromatic rings. The van der Waals surface area contributed by atoms with Gasteiger partial charge < -0.3 is 28.7 Å². The largest absolute Gasteiger partial charge is 0.460 e. The van der Waals surface area contributed by atoms with Crippen LogP contribution >= 0.6 is 11.8 Å². The zero-order valence-electron chi connectivity index (χ0n) is 35.2. The first-order valence-electron chi connectivity index (χ1n) is 19.6. The van der Waals surface area contributed by atoms with Crippen molar-refractivity contribution in [3.63, 3.8) is 0 Å². The van der Waals surface area contributed by atoms with Gasteiger partial charge in [-0.1, -0.05) is 36.0 Å². The Kier molecular flexibility index (Phi) is 14.1. The summed E-state index contributed by atoms with van der Waals surface area (Å²) >= 11 is 1.62. The fraction of sp³-hybridized carbons (Fsp3) is 0.636. The number of hydrogen-bond acceptors (Lipinski definition) is 9. The molecule has 4 rings (SSSR count). The van der Waals surface area contributed by atoms with E-state index in [4.69, 9.17) is 18.9 Å². The number of likely N-dealkylation sites (tertiary alicyclic amines) is 2. The topological polar surface area (TPSA) is 112 Å². The Morgan fingerprint density at radius 1 is 0.582 bits per heavy atom. The highest BCUT2D eigenvalue weighted by Crippen LogP contribution is 2.35. The van der Waals surface area contributed by atoms with Crippen LogP contribution in [0.25, 0.3) is 0 Å². The van der Waals surface area contributed by atoms with E-state index in [9.17, 15) is 19.2 Å². The van der Waals surface area contributed by atoms with Gasteiger partial charge in [-0.25, -0.2) is 9.59 Å². The Morgan fingerprint density at radius 2 is 0.927 bits per heavy atom. The van der Waals surface area contributed by atoms with Crippen molar-refractivity contribution in [3.8, 4) is 0 Å². The van der Waals surface area contributed by atoms with Gasteiger partial charge in [0.25, 0.3) is 0 Å². The SMILES string of the molecule is CC(C)(C)OC(=O)[C@@H](Cc1cccc(Sc2cccc(C[C@H](C(=O)OC(C)(C)C)[C@H]3CCN(C(=O)OC(C)(C)C)C3)c2)c1)[C@H]1CCN(C(=O)OC(C)(C)C)C1. The Bertz CT molecular complexity index is 1540. The van der Waals surface area contributed by atoms with Gasteiger partial charge in [0.15, 0.2) is 0 Å². The van der Waals surface area contributed by atoms with Gasteiger partial charge in [0.2, 0.25) is 0 Å². The average molecular weight is 781 g/mol. The highest BCUT2D eigenvalue weighted by molar-refractivity contribution is 7.99. The second-order valence-corrected chi connectivity index (χ2v) is 20.2. The predicted molar refractivity (Wildman–Crippen MR) is 215 cm³/mol. The highest BCUT2D eigenvalue weighted by atomic mass is 32.2. The lowest BCUT2D eigenvalue weighted by Crippen LogP contribution is -2.38. The molecule has 11 heteroatoms. The molecule has 2 saturated heterocycles. The smallest absolute Gasteiger partial charge is 0.410 e. The van der Waals surface area contributed by atoms with Crippen molar-refractivity contribution in [1.29, 1.82) is 0 Å². The number of ether oxygens (including phenoxy) is 4. The molecule has 10 nitrogen and oxygen atoms in total. The molecule has 0 spiro atoms. The van der Waals surface area contributed by atoms with E-state index in [2.05, 4.69) is 24.3 Å². The zero-order valence-corrected chi connectivity index (χ0v) is 36.0. The molecular weight excluding hydrogens is 717 g/mol. The van der Waals surface area contributed by atoms with E-state index in [1.165, 1.54) is 0 Å². The Labute approximate surface area is 333 Å². The number of carbonyl (C=O) groups excluding carboxylic acids is 4. The number of benzene rings is 2. The molecule has 0 aromatic heterocycles. The van der Waals surface area contributed by atoms with Crippen LogP contribution in [0.1, 0.15) is 107 Å². The fourth-order valence-corrected chi connectivity index (χ4v) is 7.96. The minimum absolute atomic E-state index is 0.0654. The molecule has 55 heavy (non-hydrogen) atoms. The summed E-state index contributed by atoms with van der Waals surface area (Å²) in [7, 11) is 0. The summed E-state index contributed by atoms with van der Waals surface area (Å²) in [5, 5.41) is 0. The Balaban J connectivity index is 1.50. The third-order valence-electron chi connectivity index (χ3n) is 9.25. The summed E-state index contributed by atoms with van der Waals surface area (Å²) < 4.78 is 23.1. The molecule has 2 heterocycles. The molecule has 0 aliphatic carbocycles. The molecule has 2 fully saturated rings. The van der Waals surface area contributed by atoms with Crippen LogP contribution in [0.2, 0.25) is 0 Å². The van der Waals surface area contributed by atoms with Gasteiger partial charge in [-0.15, -0.1) is 0 Å². The number of nitrogens with zero attached hydrogens (tertiary/aromatic N) is 2. The van der Waals surface area contributed by atoms with Crippen molar-refractivity contribution in [2.24, 2.45) is 23.7 Å². The van der Waals surface area contributed by atoms with Crippen LogP contribution in [-0.4, -0.2) is 82.5 Å². The van der Waals surface area contributed by atoms with Gasteiger partial charge in [-0.05, 0) is 156 Å². The van der Waals surface area contributed by atoms with Crippen LogP contribution in [0.5, 0.6) is 0 Å². The van der Waals surface area contributed by atoms with Crippen molar-refractivity contribution < 1.29 is 38.1 Å². The first-order valence-corrected chi connectivity index (χ1v) is 20.4.